The summed E-state index contributed by atoms with van der Waals surface area (Å²) < 4.78 is 5.25. The lowest BCUT2D eigenvalue weighted by atomic mass is 10.1. The van der Waals surface area contributed by atoms with Crippen molar-refractivity contribution in [2.45, 2.75) is 33.7 Å². The molecule has 0 aliphatic carbocycles. The molecule has 21 heavy (non-hydrogen) atoms. The fourth-order valence-corrected chi connectivity index (χ4v) is 2.55. The van der Waals surface area contributed by atoms with E-state index in [1.807, 2.05) is 6.07 Å². The van der Waals surface area contributed by atoms with Crippen LogP contribution in [0.5, 0.6) is 0 Å². The van der Waals surface area contributed by atoms with Gasteiger partial charge in [-0.05, 0) is 42.6 Å². The van der Waals surface area contributed by atoms with Crippen LogP contribution in [-0.4, -0.2) is 33.4 Å². The molecular weight excluding hydrogens is 284 g/mol. The van der Waals surface area contributed by atoms with E-state index in [2.05, 4.69) is 43.1 Å². The van der Waals surface area contributed by atoms with Gasteiger partial charge in [-0.25, -0.2) is 0 Å². The molecule has 0 bridgehead atoms. The highest BCUT2D eigenvalue weighted by Crippen LogP contribution is 2.25. The summed E-state index contributed by atoms with van der Waals surface area (Å²) in [6.45, 7) is 11.2. The third-order valence-corrected chi connectivity index (χ3v) is 3.51. The molecule has 0 amide bonds. The second-order valence-electron chi connectivity index (χ2n) is 5.78. The summed E-state index contributed by atoms with van der Waals surface area (Å²) in [7, 11) is 1.75. The summed E-state index contributed by atoms with van der Waals surface area (Å²) in [6, 6.07) is 6.17. The Hall–Kier alpha value is -0.770. The van der Waals surface area contributed by atoms with Crippen LogP contribution < -0.4 is 10.2 Å². The third kappa shape index (κ3) is 6.68. The third-order valence-electron chi connectivity index (χ3n) is 3.28. The average molecular weight is 313 g/mol. The van der Waals surface area contributed by atoms with E-state index < -0.39 is 0 Å². The van der Waals surface area contributed by atoms with Crippen molar-refractivity contribution >= 4 is 17.3 Å². The van der Waals surface area contributed by atoms with Crippen LogP contribution in [0, 0.1) is 5.92 Å². The molecule has 1 aromatic carbocycles. The second kappa shape index (κ2) is 10.0. The normalized spacial score (nSPS) is 11.1. The van der Waals surface area contributed by atoms with Gasteiger partial charge in [0.15, 0.2) is 0 Å². The molecular formula is C17H29ClN2O. The molecule has 1 aromatic rings. The van der Waals surface area contributed by atoms with E-state index in [9.17, 15) is 0 Å². The van der Waals surface area contributed by atoms with Crippen LogP contribution >= 0.6 is 11.6 Å². The van der Waals surface area contributed by atoms with Crippen molar-refractivity contribution in [2.24, 2.45) is 5.92 Å². The molecule has 0 heterocycles. The Morgan fingerprint density at radius 1 is 1.33 bits per heavy atom. The number of halogens is 1. The molecule has 120 valence electrons. The van der Waals surface area contributed by atoms with Gasteiger partial charge < -0.3 is 15.0 Å². The Balaban J connectivity index is 2.92. The van der Waals surface area contributed by atoms with Gasteiger partial charge in [0, 0.05) is 37.5 Å². The average Bonchev–Trinajstić information content (AvgIpc) is 2.44. The maximum Gasteiger partial charge on any atom is 0.0637 e. The first-order chi connectivity index (χ1) is 10.1. The monoisotopic (exact) mass is 312 g/mol. The Labute approximate surface area is 134 Å². The predicted molar refractivity (Wildman–Crippen MR) is 92.4 cm³/mol. The zero-order chi connectivity index (χ0) is 15.7. The summed E-state index contributed by atoms with van der Waals surface area (Å²) in [6.07, 6.45) is 1.13. The molecule has 0 atom stereocenters. The number of anilines is 1. The lowest BCUT2D eigenvalue weighted by molar-refractivity contribution is 0.204. The fraction of sp³-hybridized carbons (Fsp3) is 0.647. The minimum absolute atomic E-state index is 0.606. The van der Waals surface area contributed by atoms with E-state index in [1.165, 1.54) is 11.3 Å². The van der Waals surface area contributed by atoms with Crippen LogP contribution in [-0.2, 0) is 11.3 Å². The molecule has 0 aliphatic heterocycles. The first-order valence-corrected chi connectivity index (χ1v) is 8.19. The molecule has 4 heteroatoms. The van der Waals surface area contributed by atoms with Crippen LogP contribution in [0.2, 0.25) is 5.02 Å². The molecule has 0 aromatic heterocycles. The van der Waals surface area contributed by atoms with Crippen molar-refractivity contribution in [2.75, 3.05) is 38.3 Å². The molecule has 0 saturated heterocycles. The van der Waals surface area contributed by atoms with Crippen molar-refractivity contribution in [1.29, 1.82) is 0 Å². The SMILES string of the molecule is CCCNCc1cc(Cl)ccc1N(CCOC)CC(C)C. The van der Waals surface area contributed by atoms with Gasteiger partial charge in [-0.1, -0.05) is 32.4 Å². The number of benzene rings is 1. The number of rotatable bonds is 10. The molecule has 0 spiro atoms. The van der Waals surface area contributed by atoms with Crippen molar-refractivity contribution in [3.05, 3.63) is 28.8 Å². The van der Waals surface area contributed by atoms with Crippen molar-refractivity contribution < 1.29 is 4.74 Å². The summed E-state index contributed by atoms with van der Waals surface area (Å²) in [5, 5.41) is 4.26. The number of nitrogens with one attached hydrogen (secondary N) is 1. The van der Waals surface area contributed by atoms with Crippen molar-refractivity contribution in [3.63, 3.8) is 0 Å². The van der Waals surface area contributed by atoms with E-state index >= 15 is 0 Å². The van der Waals surface area contributed by atoms with E-state index in [-0.39, 0.29) is 0 Å². The predicted octanol–water partition coefficient (Wildman–Crippen LogP) is 3.95. The minimum atomic E-state index is 0.606. The van der Waals surface area contributed by atoms with Gasteiger partial charge >= 0.3 is 0 Å². The minimum Gasteiger partial charge on any atom is -0.383 e. The summed E-state index contributed by atoms with van der Waals surface area (Å²) in [4.78, 5) is 2.40. The highest BCUT2D eigenvalue weighted by atomic mass is 35.5. The summed E-state index contributed by atoms with van der Waals surface area (Å²) in [5.41, 5.74) is 2.52. The molecule has 0 saturated carbocycles. The zero-order valence-corrected chi connectivity index (χ0v) is 14.5. The number of nitrogens with zero attached hydrogens (tertiary/aromatic N) is 1. The molecule has 0 unspecified atom stereocenters. The molecule has 1 rings (SSSR count). The first kappa shape index (κ1) is 18.3. The van der Waals surface area contributed by atoms with Gasteiger partial charge in [-0.2, -0.15) is 0 Å². The zero-order valence-electron chi connectivity index (χ0n) is 13.8. The topological polar surface area (TPSA) is 24.5 Å². The number of hydrogen-bond acceptors (Lipinski definition) is 3. The lowest BCUT2D eigenvalue weighted by Crippen LogP contribution is -2.32. The Bertz CT molecular complexity index is 410. The first-order valence-electron chi connectivity index (χ1n) is 7.81. The Morgan fingerprint density at radius 3 is 2.71 bits per heavy atom. The van der Waals surface area contributed by atoms with Crippen LogP contribution in [0.3, 0.4) is 0 Å². The molecule has 3 nitrogen and oxygen atoms in total. The Morgan fingerprint density at radius 2 is 2.10 bits per heavy atom. The van der Waals surface area contributed by atoms with Gasteiger partial charge in [-0.3, -0.25) is 0 Å². The smallest absolute Gasteiger partial charge is 0.0637 e. The van der Waals surface area contributed by atoms with E-state index in [0.29, 0.717) is 5.92 Å². The standard InChI is InChI=1S/C17H29ClN2O/c1-5-8-19-12-15-11-16(18)6-7-17(15)20(9-10-21-4)13-14(2)3/h6-7,11,14,19H,5,8-10,12-13H2,1-4H3. The van der Waals surface area contributed by atoms with Crippen molar-refractivity contribution in [3.8, 4) is 0 Å². The number of hydrogen-bond donors (Lipinski definition) is 1. The Kier molecular flexibility index (Phi) is 8.74. The van der Waals surface area contributed by atoms with Gasteiger partial charge in [0.2, 0.25) is 0 Å². The van der Waals surface area contributed by atoms with Gasteiger partial charge in [0.05, 0.1) is 6.61 Å². The van der Waals surface area contributed by atoms with E-state index in [0.717, 1.165) is 44.2 Å². The maximum atomic E-state index is 6.17. The number of methoxy groups -OCH3 is 1. The summed E-state index contributed by atoms with van der Waals surface area (Å²) in [5.74, 6) is 0.606. The van der Waals surface area contributed by atoms with Gasteiger partial charge in [-0.15, -0.1) is 0 Å². The molecule has 0 fully saturated rings. The van der Waals surface area contributed by atoms with Crippen LogP contribution in [0.15, 0.2) is 18.2 Å². The molecule has 0 radical (unpaired) electrons. The number of ether oxygens (including phenoxy) is 1. The largest absolute Gasteiger partial charge is 0.383 e. The van der Waals surface area contributed by atoms with E-state index in [4.69, 9.17) is 16.3 Å². The summed E-state index contributed by atoms with van der Waals surface area (Å²) >= 11 is 6.17. The van der Waals surface area contributed by atoms with Gasteiger partial charge in [0.1, 0.15) is 0 Å². The maximum absolute atomic E-state index is 6.17. The van der Waals surface area contributed by atoms with Crippen molar-refractivity contribution in [1.82, 2.24) is 5.32 Å². The highest BCUT2D eigenvalue weighted by molar-refractivity contribution is 6.30. The molecule has 1 N–H and O–H groups in total. The van der Waals surface area contributed by atoms with E-state index in [1.54, 1.807) is 7.11 Å². The van der Waals surface area contributed by atoms with Crippen LogP contribution in [0.1, 0.15) is 32.8 Å². The molecule has 0 aliphatic rings. The van der Waals surface area contributed by atoms with Crippen LogP contribution in [0.25, 0.3) is 0 Å². The fourth-order valence-electron chi connectivity index (χ4n) is 2.36. The quantitative estimate of drug-likeness (QED) is 0.662. The van der Waals surface area contributed by atoms with Crippen LogP contribution in [0.4, 0.5) is 5.69 Å². The second-order valence-corrected chi connectivity index (χ2v) is 6.22. The van der Waals surface area contributed by atoms with Gasteiger partial charge in [0.25, 0.3) is 0 Å². The lowest BCUT2D eigenvalue weighted by Gasteiger charge is -2.29. The highest BCUT2D eigenvalue weighted by Gasteiger charge is 2.13.